The molecular weight excluding hydrogens is 312 g/mol. The minimum absolute atomic E-state index is 0.231. The Hall–Kier alpha value is -3.40. The Balaban J connectivity index is 1.65. The zero-order chi connectivity index (χ0) is 17.5. The zero-order valence-electron chi connectivity index (χ0n) is 13.8. The Morgan fingerprint density at radius 3 is 2.44 bits per heavy atom. The fourth-order valence-corrected chi connectivity index (χ4v) is 2.34. The van der Waals surface area contributed by atoms with Gasteiger partial charge in [0.15, 0.2) is 0 Å². The summed E-state index contributed by atoms with van der Waals surface area (Å²) in [6.07, 6.45) is 1.59. The molecule has 0 aliphatic carbocycles. The van der Waals surface area contributed by atoms with Crippen molar-refractivity contribution in [3.8, 4) is 11.5 Å². The molecule has 3 aromatic carbocycles. The maximum Gasteiger partial charge on any atom is 0.271 e. The number of hydrogen-bond acceptors (Lipinski definition) is 3. The zero-order valence-corrected chi connectivity index (χ0v) is 13.8. The van der Waals surface area contributed by atoms with Gasteiger partial charge in [0.2, 0.25) is 0 Å². The molecule has 124 valence electrons. The van der Waals surface area contributed by atoms with Crippen molar-refractivity contribution in [2.75, 3.05) is 0 Å². The second kappa shape index (κ2) is 7.93. The van der Waals surface area contributed by atoms with Gasteiger partial charge in [0, 0.05) is 5.56 Å². The van der Waals surface area contributed by atoms with E-state index in [4.69, 9.17) is 4.74 Å². The van der Waals surface area contributed by atoms with E-state index in [1.165, 1.54) is 0 Å². The Morgan fingerprint density at radius 1 is 0.920 bits per heavy atom. The van der Waals surface area contributed by atoms with E-state index in [0.29, 0.717) is 11.3 Å². The van der Waals surface area contributed by atoms with Crippen LogP contribution in [0.15, 0.2) is 84.0 Å². The number of rotatable bonds is 5. The maximum atomic E-state index is 12.1. The molecule has 0 atom stereocenters. The molecule has 3 aromatic rings. The molecule has 4 nitrogen and oxygen atoms in total. The normalized spacial score (nSPS) is 10.6. The Bertz CT molecular complexity index is 889. The van der Waals surface area contributed by atoms with Gasteiger partial charge >= 0.3 is 0 Å². The third-order valence-corrected chi connectivity index (χ3v) is 3.61. The molecule has 1 amide bonds. The molecule has 0 aliphatic rings. The molecule has 4 heteroatoms. The van der Waals surface area contributed by atoms with Crippen molar-refractivity contribution in [3.63, 3.8) is 0 Å². The summed E-state index contributed by atoms with van der Waals surface area (Å²) in [4.78, 5) is 12.1. The fraction of sp³-hybridized carbons (Fsp3) is 0.0476. The number of carbonyl (C=O) groups is 1. The Labute approximate surface area is 146 Å². The molecule has 3 rings (SSSR count). The number of hydrogen-bond donors (Lipinski definition) is 1. The summed E-state index contributed by atoms with van der Waals surface area (Å²) in [5.41, 5.74) is 4.90. The third-order valence-electron chi connectivity index (χ3n) is 3.61. The van der Waals surface area contributed by atoms with Gasteiger partial charge in [0.25, 0.3) is 5.91 Å². The first-order chi connectivity index (χ1) is 12.2. The van der Waals surface area contributed by atoms with E-state index in [-0.39, 0.29) is 5.91 Å². The number of nitrogens with one attached hydrogen (secondary N) is 1. The van der Waals surface area contributed by atoms with Crippen molar-refractivity contribution >= 4 is 12.1 Å². The highest BCUT2D eigenvalue weighted by Crippen LogP contribution is 2.21. The van der Waals surface area contributed by atoms with Crippen LogP contribution < -0.4 is 10.2 Å². The summed E-state index contributed by atoms with van der Waals surface area (Å²) in [7, 11) is 0. The van der Waals surface area contributed by atoms with Gasteiger partial charge in [-0.05, 0) is 48.4 Å². The van der Waals surface area contributed by atoms with Crippen LogP contribution in [-0.2, 0) is 0 Å². The van der Waals surface area contributed by atoms with Gasteiger partial charge < -0.3 is 4.74 Å². The second-order valence-corrected chi connectivity index (χ2v) is 5.50. The molecule has 0 unspecified atom stereocenters. The smallest absolute Gasteiger partial charge is 0.271 e. The van der Waals surface area contributed by atoms with Crippen molar-refractivity contribution < 1.29 is 9.53 Å². The lowest BCUT2D eigenvalue weighted by molar-refractivity contribution is 0.0954. The van der Waals surface area contributed by atoms with E-state index in [9.17, 15) is 4.79 Å². The second-order valence-electron chi connectivity index (χ2n) is 5.50. The number of carbonyl (C=O) groups excluding carboxylic acids is 1. The summed E-state index contributed by atoms with van der Waals surface area (Å²) in [5, 5.41) is 4.03. The van der Waals surface area contributed by atoms with Crippen LogP contribution in [0.5, 0.6) is 11.5 Å². The first-order valence-electron chi connectivity index (χ1n) is 7.94. The molecule has 0 spiro atoms. The average molecular weight is 330 g/mol. The number of benzene rings is 3. The highest BCUT2D eigenvalue weighted by Gasteiger charge is 2.06. The monoisotopic (exact) mass is 330 g/mol. The summed E-state index contributed by atoms with van der Waals surface area (Å²) >= 11 is 0. The van der Waals surface area contributed by atoms with Crippen LogP contribution in [0.2, 0.25) is 0 Å². The van der Waals surface area contributed by atoms with Crippen LogP contribution in [0.1, 0.15) is 21.5 Å². The van der Waals surface area contributed by atoms with Crippen molar-refractivity contribution in [3.05, 3.63) is 95.6 Å². The van der Waals surface area contributed by atoms with E-state index in [0.717, 1.165) is 16.9 Å². The van der Waals surface area contributed by atoms with Crippen LogP contribution in [0.25, 0.3) is 0 Å². The molecule has 0 aliphatic heterocycles. The van der Waals surface area contributed by atoms with E-state index in [1.807, 2.05) is 79.7 Å². The van der Waals surface area contributed by atoms with E-state index in [2.05, 4.69) is 10.5 Å². The van der Waals surface area contributed by atoms with Crippen molar-refractivity contribution in [1.82, 2.24) is 5.43 Å². The molecule has 0 radical (unpaired) electrons. The number of amides is 1. The van der Waals surface area contributed by atoms with Gasteiger partial charge in [-0.3, -0.25) is 4.79 Å². The SMILES string of the molecule is Cc1ccccc1C(=O)N/N=C/c1cccc(Oc2ccccc2)c1. The number of ether oxygens (including phenoxy) is 1. The minimum atomic E-state index is -0.231. The molecule has 0 bridgehead atoms. The van der Waals surface area contributed by atoms with E-state index < -0.39 is 0 Å². The standard InChI is InChI=1S/C21H18N2O2/c1-16-8-5-6-13-20(16)21(24)23-22-15-17-9-7-12-19(14-17)25-18-10-3-2-4-11-18/h2-15H,1H3,(H,23,24)/b22-15+. The van der Waals surface area contributed by atoms with Crippen LogP contribution in [0, 0.1) is 6.92 Å². The van der Waals surface area contributed by atoms with Crippen molar-refractivity contribution in [2.45, 2.75) is 6.92 Å². The fourth-order valence-electron chi connectivity index (χ4n) is 2.34. The van der Waals surface area contributed by atoms with Crippen molar-refractivity contribution in [1.29, 1.82) is 0 Å². The lowest BCUT2D eigenvalue weighted by atomic mass is 10.1. The quantitative estimate of drug-likeness (QED) is 0.551. The summed E-state index contributed by atoms with van der Waals surface area (Å²) in [5.74, 6) is 1.25. The average Bonchev–Trinajstić information content (AvgIpc) is 2.63. The third kappa shape index (κ3) is 4.54. The minimum Gasteiger partial charge on any atom is -0.457 e. The van der Waals surface area contributed by atoms with Crippen LogP contribution in [0.4, 0.5) is 0 Å². The first-order valence-corrected chi connectivity index (χ1v) is 7.94. The summed E-state index contributed by atoms with van der Waals surface area (Å²) < 4.78 is 5.78. The largest absolute Gasteiger partial charge is 0.457 e. The predicted octanol–water partition coefficient (Wildman–Crippen LogP) is 4.55. The van der Waals surface area contributed by atoms with Crippen molar-refractivity contribution in [2.24, 2.45) is 5.10 Å². The van der Waals surface area contributed by atoms with Gasteiger partial charge in [0.05, 0.1) is 6.21 Å². The van der Waals surface area contributed by atoms with Gasteiger partial charge in [-0.25, -0.2) is 5.43 Å². The molecule has 1 N–H and O–H groups in total. The van der Waals surface area contributed by atoms with Crippen LogP contribution >= 0.6 is 0 Å². The summed E-state index contributed by atoms with van der Waals surface area (Å²) in [6.45, 7) is 1.89. The first kappa shape index (κ1) is 16.5. The molecule has 0 fully saturated rings. The van der Waals surface area contributed by atoms with Crippen LogP contribution in [-0.4, -0.2) is 12.1 Å². The Kier molecular flexibility index (Phi) is 5.22. The lowest BCUT2D eigenvalue weighted by Gasteiger charge is -2.06. The van der Waals surface area contributed by atoms with E-state index >= 15 is 0 Å². The molecule has 25 heavy (non-hydrogen) atoms. The topological polar surface area (TPSA) is 50.7 Å². The molecular formula is C21H18N2O2. The number of para-hydroxylation sites is 1. The number of aryl methyl sites for hydroxylation is 1. The predicted molar refractivity (Wildman–Crippen MR) is 99.2 cm³/mol. The lowest BCUT2D eigenvalue weighted by Crippen LogP contribution is -2.18. The molecule has 0 saturated carbocycles. The van der Waals surface area contributed by atoms with E-state index in [1.54, 1.807) is 12.3 Å². The number of hydrazone groups is 1. The Morgan fingerprint density at radius 2 is 1.64 bits per heavy atom. The summed E-state index contributed by atoms with van der Waals surface area (Å²) in [6, 6.07) is 24.4. The van der Waals surface area contributed by atoms with Crippen LogP contribution in [0.3, 0.4) is 0 Å². The molecule has 0 saturated heterocycles. The van der Waals surface area contributed by atoms with Gasteiger partial charge in [-0.1, -0.05) is 48.5 Å². The molecule has 0 aromatic heterocycles. The van der Waals surface area contributed by atoms with Gasteiger partial charge in [0.1, 0.15) is 11.5 Å². The maximum absolute atomic E-state index is 12.1. The molecule has 0 heterocycles. The van der Waals surface area contributed by atoms with Gasteiger partial charge in [-0.2, -0.15) is 5.10 Å². The number of nitrogens with zero attached hydrogens (tertiary/aromatic N) is 1. The highest BCUT2D eigenvalue weighted by atomic mass is 16.5. The highest BCUT2D eigenvalue weighted by molar-refractivity contribution is 5.96. The van der Waals surface area contributed by atoms with Gasteiger partial charge in [-0.15, -0.1) is 0 Å².